The van der Waals surface area contributed by atoms with E-state index in [0.29, 0.717) is 0 Å². The molecule has 2 heterocycles. The van der Waals surface area contributed by atoms with Crippen molar-refractivity contribution < 1.29 is 14.0 Å². The maximum atomic E-state index is 11.2. The molecule has 16 heavy (non-hydrogen) atoms. The molecule has 0 aromatic carbocycles. The van der Waals surface area contributed by atoms with Crippen LogP contribution >= 0.6 is 0 Å². The van der Waals surface area contributed by atoms with E-state index in [1.807, 2.05) is 33.8 Å². The zero-order valence-electron chi connectivity index (χ0n) is 10.1. The molecule has 1 fully saturated rings. The summed E-state index contributed by atoms with van der Waals surface area (Å²) in [6.07, 6.45) is 2.91. The first-order valence-electron chi connectivity index (χ1n) is 5.36. The fourth-order valence-corrected chi connectivity index (χ4v) is 1.59. The Morgan fingerprint density at radius 2 is 1.75 bits per heavy atom. The Bertz CT molecular complexity index is 390. The average molecular weight is 221 g/mol. The summed E-state index contributed by atoms with van der Waals surface area (Å²) in [5.41, 5.74) is -0.00114. The normalized spacial score (nSPS) is 22.4. The molecule has 0 spiro atoms. The van der Waals surface area contributed by atoms with E-state index >= 15 is 0 Å². The second kappa shape index (κ2) is 3.47. The van der Waals surface area contributed by atoms with E-state index in [0.717, 1.165) is 10.2 Å². The summed E-state index contributed by atoms with van der Waals surface area (Å²) >= 11 is 0. The molecular formula is C11H16BNO3. The minimum Gasteiger partial charge on any atom is -0.619 e. The highest BCUT2D eigenvalue weighted by Crippen LogP contribution is 2.36. The van der Waals surface area contributed by atoms with E-state index in [4.69, 9.17) is 9.31 Å². The van der Waals surface area contributed by atoms with Gasteiger partial charge < -0.3 is 14.5 Å². The quantitative estimate of drug-likeness (QED) is 0.396. The predicted octanol–water partition coefficient (Wildman–Crippen LogP) is 0.619. The van der Waals surface area contributed by atoms with E-state index in [9.17, 15) is 5.21 Å². The van der Waals surface area contributed by atoms with Crippen molar-refractivity contribution in [1.82, 2.24) is 0 Å². The molecule has 0 N–H and O–H groups in total. The first-order valence-corrected chi connectivity index (χ1v) is 5.36. The van der Waals surface area contributed by atoms with Gasteiger partial charge in [-0.05, 0) is 27.7 Å². The first-order chi connectivity index (χ1) is 7.32. The predicted molar refractivity (Wildman–Crippen MR) is 61.1 cm³/mol. The average Bonchev–Trinajstić information content (AvgIpc) is 2.36. The summed E-state index contributed by atoms with van der Waals surface area (Å²) in [4.78, 5) is 0. The van der Waals surface area contributed by atoms with Crippen LogP contribution in [-0.4, -0.2) is 18.3 Å². The van der Waals surface area contributed by atoms with Gasteiger partial charge in [0.15, 0.2) is 12.4 Å². The molecule has 0 unspecified atom stereocenters. The number of hydrogen-bond donors (Lipinski definition) is 0. The molecule has 4 nitrogen and oxygen atoms in total. The van der Waals surface area contributed by atoms with E-state index in [1.165, 1.54) is 12.4 Å². The third-order valence-electron chi connectivity index (χ3n) is 3.32. The summed E-state index contributed by atoms with van der Waals surface area (Å²) in [7, 11) is -0.466. The SMILES string of the molecule is CC1(C)OB(c2ccc[n+]([O-])c2)OC1(C)C. The van der Waals surface area contributed by atoms with Crippen LogP contribution in [0.5, 0.6) is 0 Å². The molecule has 5 heteroatoms. The zero-order valence-corrected chi connectivity index (χ0v) is 10.1. The van der Waals surface area contributed by atoms with Crippen molar-refractivity contribution in [2.45, 2.75) is 38.9 Å². The van der Waals surface area contributed by atoms with Crippen LogP contribution < -0.4 is 10.2 Å². The Morgan fingerprint density at radius 3 is 2.25 bits per heavy atom. The van der Waals surface area contributed by atoms with Gasteiger partial charge in [-0.15, -0.1) is 0 Å². The second-order valence-electron chi connectivity index (χ2n) is 5.09. The molecular weight excluding hydrogens is 205 g/mol. The number of nitrogens with zero attached hydrogens (tertiary/aromatic N) is 1. The lowest BCUT2D eigenvalue weighted by Crippen LogP contribution is -2.41. The van der Waals surface area contributed by atoms with E-state index in [-0.39, 0.29) is 11.2 Å². The van der Waals surface area contributed by atoms with Crippen molar-refractivity contribution in [3.63, 3.8) is 0 Å². The van der Waals surface area contributed by atoms with Crippen LogP contribution in [-0.2, 0) is 9.31 Å². The minimum atomic E-state index is -0.466. The molecule has 2 rings (SSSR count). The van der Waals surface area contributed by atoms with Gasteiger partial charge in [0.2, 0.25) is 0 Å². The molecule has 1 aliphatic rings. The molecule has 1 aromatic rings. The molecule has 0 radical (unpaired) electrons. The van der Waals surface area contributed by atoms with Crippen LogP contribution in [0.3, 0.4) is 0 Å². The van der Waals surface area contributed by atoms with Crippen molar-refractivity contribution in [3.05, 3.63) is 29.7 Å². The summed E-state index contributed by atoms with van der Waals surface area (Å²) in [5.74, 6) is 0. The lowest BCUT2D eigenvalue weighted by atomic mass is 9.80. The number of hydrogen-bond acceptors (Lipinski definition) is 3. The Labute approximate surface area is 95.9 Å². The summed E-state index contributed by atoms with van der Waals surface area (Å²) < 4.78 is 12.4. The van der Waals surface area contributed by atoms with Gasteiger partial charge in [0.25, 0.3) is 0 Å². The van der Waals surface area contributed by atoms with Crippen LogP contribution in [0.1, 0.15) is 27.7 Å². The molecule has 1 aliphatic heterocycles. The van der Waals surface area contributed by atoms with E-state index in [1.54, 1.807) is 6.07 Å². The lowest BCUT2D eigenvalue weighted by molar-refractivity contribution is -0.604. The first kappa shape index (κ1) is 11.4. The molecule has 0 aliphatic carbocycles. The van der Waals surface area contributed by atoms with Gasteiger partial charge in [-0.2, -0.15) is 4.73 Å². The number of pyridine rings is 1. The minimum absolute atomic E-state index is 0.374. The van der Waals surface area contributed by atoms with Gasteiger partial charge in [-0.3, -0.25) is 0 Å². The Morgan fingerprint density at radius 1 is 1.19 bits per heavy atom. The van der Waals surface area contributed by atoms with Crippen molar-refractivity contribution >= 4 is 12.6 Å². The highest BCUT2D eigenvalue weighted by atomic mass is 16.7. The highest BCUT2D eigenvalue weighted by molar-refractivity contribution is 6.61. The largest absolute Gasteiger partial charge is 0.619 e. The molecule has 0 amide bonds. The Kier molecular flexibility index (Phi) is 2.47. The fourth-order valence-electron chi connectivity index (χ4n) is 1.59. The molecule has 86 valence electrons. The molecule has 0 bridgehead atoms. The maximum Gasteiger partial charge on any atom is 0.501 e. The second-order valence-corrected chi connectivity index (χ2v) is 5.09. The number of aromatic nitrogens is 1. The maximum absolute atomic E-state index is 11.2. The monoisotopic (exact) mass is 221 g/mol. The van der Waals surface area contributed by atoms with Crippen LogP contribution in [0, 0.1) is 5.21 Å². The lowest BCUT2D eigenvalue weighted by Gasteiger charge is -2.32. The van der Waals surface area contributed by atoms with Gasteiger partial charge >= 0.3 is 7.12 Å². The summed E-state index contributed by atoms with van der Waals surface area (Å²) in [6.45, 7) is 7.95. The molecule has 1 saturated heterocycles. The van der Waals surface area contributed by atoms with Crippen LogP contribution in [0.15, 0.2) is 24.5 Å². The van der Waals surface area contributed by atoms with Gasteiger partial charge in [-0.25, -0.2) is 0 Å². The van der Waals surface area contributed by atoms with E-state index < -0.39 is 7.12 Å². The zero-order chi connectivity index (χ0) is 12.0. The summed E-state index contributed by atoms with van der Waals surface area (Å²) in [5, 5.41) is 11.2. The molecule has 1 aromatic heterocycles. The van der Waals surface area contributed by atoms with Crippen molar-refractivity contribution in [3.8, 4) is 0 Å². The van der Waals surface area contributed by atoms with Crippen LogP contribution in [0.4, 0.5) is 0 Å². The highest BCUT2D eigenvalue weighted by Gasteiger charge is 2.52. The smallest absolute Gasteiger partial charge is 0.501 e. The Hall–Kier alpha value is -1.07. The fraction of sp³-hybridized carbons (Fsp3) is 0.545. The number of rotatable bonds is 1. The summed E-state index contributed by atoms with van der Waals surface area (Å²) in [6, 6.07) is 3.52. The Balaban J connectivity index is 2.27. The van der Waals surface area contributed by atoms with Gasteiger partial charge in [-0.1, -0.05) is 6.07 Å². The van der Waals surface area contributed by atoms with Crippen LogP contribution in [0.2, 0.25) is 0 Å². The molecule has 0 saturated carbocycles. The van der Waals surface area contributed by atoms with Gasteiger partial charge in [0, 0.05) is 11.5 Å². The van der Waals surface area contributed by atoms with Crippen molar-refractivity contribution in [1.29, 1.82) is 0 Å². The standard InChI is InChI=1S/C11H16BNO3/c1-10(2)11(3,4)16-12(15-10)9-6-5-7-13(14)8-9/h5-8H,1-4H3. The van der Waals surface area contributed by atoms with E-state index in [2.05, 4.69) is 0 Å². The van der Waals surface area contributed by atoms with Gasteiger partial charge in [0.1, 0.15) is 0 Å². The molecule has 0 atom stereocenters. The van der Waals surface area contributed by atoms with Crippen molar-refractivity contribution in [2.75, 3.05) is 0 Å². The topological polar surface area (TPSA) is 45.4 Å². The third-order valence-corrected chi connectivity index (χ3v) is 3.32. The third kappa shape index (κ3) is 1.81. The van der Waals surface area contributed by atoms with Crippen molar-refractivity contribution in [2.24, 2.45) is 0 Å². The van der Waals surface area contributed by atoms with Gasteiger partial charge in [0.05, 0.1) is 11.2 Å². The van der Waals surface area contributed by atoms with Crippen LogP contribution in [0.25, 0.3) is 0 Å².